The number of nitrogens with zero attached hydrogens (tertiary/aromatic N) is 2. The smallest absolute Gasteiger partial charge is 0.255 e. The molecular weight excluding hydrogens is 389 g/mol. The van der Waals surface area contributed by atoms with Gasteiger partial charge in [-0.25, -0.2) is 9.07 Å². The number of hydrogen-bond donors (Lipinski definition) is 1. The van der Waals surface area contributed by atoms with Crippen molar-refractivity contribution in [2.24, 2.45) is 0 Å². The molecule has 0 aliphatic rings. The van der Waals surface area contributed by atoms with Gasteiger partial charge in [0.15, 0.2) is 11.5 Å². The first-order chi connectivity index (χ1) is 14.5. The second-order valence-corrected chi connectivity index (χ2v) is 6.46. The van der Waals surface area contributed by atoms with E-state index in [1.54, 1.807) is 28.9 Å². The zero-order chi connectivity index (χ0) is 21.7. The number of carbonyl (C=O) groups is 1. The Morgan fingerprint density at radius 1 is 1.07 bits per heavy atom. The summed E-state index contributed by atoms with van der Waals surface area (Å²) in [6.45, 7) is 2.20. The molecule has 8 heteroatoms. The van der Waals surface area contributed by atoms with Crippen LogP contribution in [-0.4, -0.2) is 37.0 Å². The maximum atomic E-state index is 13.2. The predicted molar refractivity (Wildman–Crippen MR) is 110 cm³/mol. The fraction of sp³-hybridized carbons (Fsp3) is 0.273. The van der Waals surface area contributed by atoms with Gasteiger partial charge in [-0.2, -0.15) is 5.10 Å². The lowest BCUT2D eigenvalue weighted by Gasteiger charge is -2.14. The number of ether oxygens (including phenoxy) is 3. The number of halogens is 1. The molecular formula is C22H24FN3O4. The number of hydrogen-bond acceptors (Lipinski definition) is 5. The normalized spacial score (nSPS) is 10.6. The van der Waals surface area contributed by atoms with E-state index < -0.39 is 0 Å². The summed E-state index contributed by atoms with van der Waals surface area (Å²) in [4.78, 5) is 12.8. The van der Waals surface area contributed by atoms with Crippen molar-refractivity contribution in [3.63, 3.8) is 0 Å². The van der Waals surface area contributed by atoms with Gasteiger partial charge >= 0.3 is 0 Å². The summed E-state index contributed by atoms with van der Waals surface area (Å²) in [5.74, 6) is 0.934. The Balaban J connectivity index is 1.81. The maximum Gasteiger partial charge on any atom is 0.255 e. The molecule has 7 nitrogen and oxygen atoms in total. The first-order valence-electron chi connectivity index (χ1n) is 9.42. The third-order valence-electron chi connectivity index (χ3n) is 4.70. The van der Waals surface area contributed by atoms with E-state index in [0.29, 0.717) is 34.9 Å². The van der Waals surface area contributed by atoms with Gasteiger partial charge in [-0.05, 0) is 48.4 Å². The summed E-state index contributed by atoms with van der Waals surface area (Å²) in [6.07, 6.45) is 2.11. The van der Waals surface area contributed by atoms with Crippen molar-refractivity contribution in [3.05, 3.63) is 65.2 Å². The van der Waals surface area contributed by atoms with Crippen LogP contribution in [0.15, 0.2) is 42.6 Å². The Morgan fingerprint density at radius 2 is 1.70 bits per heavy atom. The number of methoxy groups -OCH3 is 3. The van der Waals surface area contributed by atoms with E-state index in [9.17, 15) is 9.18 Å². The van der Waals surface area contributed by atoms with Crippen molar-refractivity contribution in [1.29, 1.82) is 0 Å². The molecule has 0 bridgehead atoms. The summed E-state index contributed by atoms with van der Waals surface area (Å²) in [7, 11) is 4.61. The van der Waals surface area contributed by atoms with Crippen molar-refractivity contribution in [2.45, 2.75) is 19.9 Å². The molecule has 0 fully saturated rings. The number of aromatic nitrogens is 2. The van der Waals surface area contributed by atoms with Crippen LogP contribution in [0.25, 0.3) is 5.69 Å². The zero-order valence-electron chi connectivity index (χ0n) is 17.4. The number of rotatable bonds is 8. The highest BCUT2D eigenvalue weighted by atomic mass is 19.1. The van der Waals surface area contributed by atoms with Gasteiger partial charge in [0.25, 0.3) is 5.91 Å². The largest absolute Gasteiger partial charge is 0.493 e. The van der Waals surface area contributed by atoms with Crippen LogP contribution in [0.3, 0.4) is 0 Å². The molecule has 0 aliphatic heterocycles. The first kappa shape index (κ1) is 21.2. The van der Waals surface area contributed by atoms with E-state index in [-0.39, 0.29) is 18.3 Å². The Kier molecular flexibility index (Phi) is 6.56. The average molecular weight is 413 g/mol. The minimum atomic E-state index is -0.327. The quantitative estimate of drug-likeness (QED) is 0.612. The van der Waals surface area contributed by atoms with E-state index in [0.717, 1.165) is 11.3 Å². The van der Waals surface area contributed by atoms with Crippen LogP contribution in [0, 0.1) is 5.82 Å². The molecule has 1 amide bonds. The van der Waals surface area contributed by atoms with E-state index in [1.807, 2.05) is 6.92 Å². The molecule has 1 heterocycles. The third-order valence-corrected chi connectivity index (χ3v) is 4.70. The molecule has 0 unspecified atom stereocenters. The van der Waals surface area contributed by atoms with Crippen LogP contribution >= 0.6 is 0 Å². The Morgan fingerprint density at radius 3 is 2.23 bits per heavy atom. The van der Waals surface area contributed by atoms with Crippen molar-refractivity contribution in [3.8, 4) is 22.9 Å². The second-order valence-electron chi connectivity index (χ2n) is 6.46. The fourth-order valence-electron chi connectivity index (χ4n) is 3.22. The summed E-state index contributed by atoms with van der Waals surface area (Å²) in [5.41, 5.74) is 2.69. The minimum absolute atomic E-state index is 0.256. The maximum absolute atomic E-state index is 13.2. The molecule has 1 aromatic heterocycles. The molecule has 158 valence electrons. The lowest BCUT2D eigenvalue weighted by Crippen LogP contribution is -2.24. The SMILES string of the molecule is CCc1c(C(=O)NCc2cc(OC)c(OC)c(OC)c2)cnn1-c1ccc(F)cc1. The van der Waals surface area contributed by atoms with Crippen molar-refractivity contribution >= 4 is 5.91 Å². The van der Waals surface area contributed by atoms with Crippen LogP contribution in [0.5, 0.6) is 17.2 Å². The average Bonchev–Trinajstić information content (AvgIpc) is 3.21. The van der Waals surface area contributed by atoms with Gasteiger partial charge in [0.1, 0.15) is 5.82 Å². The van der Waals surface area contributed by atoms with Gasteiger partial charge in [0.2, 0.25) is 5.75 Å². The lowest BCUT2D eigenvalue weighted by atomic mass is 10.1. The molecule has 0 radical (unpaired) electrons. The molecule has 3 aromatic rings. The van der Waals surface area contributed by atoms with Crippen molar-refractivity contribution in [2.75, 3.05) is 21.3 Å². The standard InChI is InChI=1S/C22H24FN3O4/c1-5-18-17(13-25-26(18)16-8-6-15(23)7-9-16)22(27)24-12-14-10-19(28-2)21(30-4)20(11-14)29-3/h6-11,13H,5,12H2,1-4H3,(H,24,27). The monoisotopic (exact) mass is 413 g/mol. The number of nitrogens with one attached hydrogen (secondary N) is 1. The van der Waals surface area contributed by atoms with Gasteiger partial charge in [-0.1, -0.05) is 6.92 Å². The molecule has 0 spiro atoms. The number of benzene rings is 2. The topological polar surface area (TPSA) is 74.6 Å². The third kappa shape index (κ3) is 4.22. The van der Waals surface area contributed by atoms with Crippen molar-refractivity contribution < 1.29 is 23.4 Å². The Bertz CT molecular complexity index is 1010. The van der Waals surface area contributed by atoms with Gasteiger partial charge < -0.3 is 19.5 Å². The molecule has 1 N–H and O–H groups in total. The van der Waals surface area contributed by atoms with E-state index >= 15 is 0 Å². The predicted octanol–water partition coefficient (Wildman–Crippen LogP) is 3.53. The Labute approximate surface area is 174 Å². The second kappa shape index (κ2) is 9.30. The van der Waals surface area contributed by atoms with Crippen LogP contribution in [0.1, 0.15) is 28.5 Å². The summed E-state index contributed by atoms with van der Waals surface area (Å²) >= 11 is 0. The van der Waals surface area contributed by atoms with E-state index in [4.69, 9.17) is 14.2 Å². The van der Waals surface area contributed by atoms with Crippen LogP contribution in [0.2, 0.25) is 0 Å². The minimum Gasteiger partial charge on any atom is -0.493 e. The summed E-state index contributed by atoms with van der Waals surface area (Å²) in [6, 6.07) is 9.54. The van der Waals surface area contributed by atoms with Crippen LogP contribution in [-0.2, 0) is 13.0 Å². The van der Waals surface area contributed by atoms with Gasteiger partial charge in [-0.15, -0.1) is 0 Å². The number of carbonyl (C=O) groups excluding carboxylic acids is 1. The fourth-order valence-corrected chi connectivity index (χ4v) is 3.22. The van der Waals surface area contributed by atoms with Gasteiger partial charge in [0, 0.05) is 6.54 Å². The van der Waals surface area contributed by atoms with Gasteiger partial charge in [0.05, 0.1) is 44.5 Å². The molecule has 0 aliphatic carbocycles. The molecule has 3 rings (SSSR count). The zero-order valence-corrected chi connectivity index (χ0v) is 17.4. The molecule has 0 saturated carbocycles. The van der Waals surface area contributed by atoms with Crippen LogP contribution < -0.4 is 19.5 Å². The van der Waals surface area contributed by atoms with Crippen molar-refractivity contribution in [1.82, 2.24) is 15.1 Å². The van der Waals surface area contributed by atoms with Crippen LogP contribution in [0.4, 0.5) is 4.39 Å². The van der Waals surface area contributed by atoms with Gasteiger partial charge in [-0.3, -0.25) is 4.79 Å². The molecule has 2 aromatic carbocycles. The lowest BCUT2D eigenvalue weighted by molar-refractivity contribution is 0.0950. The van der Waals surface area contributed by atoms with E-state index in [2.05, 4.69) is 10.4 Å². The summed E-state index contributed by atoms with van der Waals surface area (Å²) in [5, 5.41) is 7.22. The highest BCUT2D eigenvalue weighted by molar-refractivity contribution is 5.95. The molecule has 0 saturated heterocycles. The molecule has 30 heavy (non-hydrogen) atoms. The first-order valence-corrected chi connectivity index (χ1v) is 9.42. The Hall–Kier alpha value is -3.55. The highest BCUT2D eigenvalue weighted by Gasteiger charge is 2.18. The van der Waals surface area contributed by atoms with E-state index in [1.165, 1.54) is 39.7 Å². The number of amides is 1. The molecule has 0 atom stereocenters. The summed E-state index contributed by atoms with van der Waals surface area (Å²) < 4.78 is 30.9. The highest BCUT2D eigenvalue weighted by Crippen LogP contribution is 2.38.